The van der Waals surface area contributed by atoms with Crippen LogP contribution in [-0.2, 0) is 10.0 Å². The van der Waals surface area contributed by atoms with Gasteiger partial charge in [-0.3, -0.25) is 14.8 Å². The largest absolute Gasteiger partial charge is 0.505 e. The van der Waals surface area contributed by atoms with Crippen molar-refractivity contribution in [3.63, 3.8) is 0 Å². The van der Waals surface area contributed by atoms with Crippen molar-refractivity contribution in [1.82, 2.24) is 0 Å². The summed E-state index contributed by atoms with van der Waals surface area (Å²) in [6.45, 7) is 0. The Balaban J connectivity index is 3.28. The number of para-hydroxylation sites is 1. The van der Waals surface area contributed by atoms with E-state index in [-0.39, 0.29) is 0 Å². The van der Waals surface area contributed by atoms with Crippen LogP contribution in [0.15, 0.2) is 18.2 Å². The summed E-state index contributed by atoms with van der Waals surface area (Å²) in [6, 6.07) is 2.87. The Morgan fingerprint density at radius 3 is 2.47 bits per heavy atom. The monoisotopic (exact) mass is 268 g/mol. The first kappa shape index (κ1) is 13.1. The van der Waals surface area contributed by atoms with E-state index in [1.54, 1.807) is 0 Å². The van der Waals surface area contributed by atoms with Crippen molar-refractivity contribution in [1.29, 1.82) is 0 Å². The van der Waals surface area contributed by atoms with Crippen LogP contribution in [-0.4, -0.2) is 24.2 Å². The lowest BCUT2D eigenvalue weighted by atomic mass is 10.2. The quantitative estimate of drug-likeness (QED) is 0.485. The molecule has 94 valence electrons. The van der Waals surface area contributed by atoms with Crippen molar-refractivity contribution in [2.75, 3.05) is 4.72 Å². The van der Waals surface area contributed by atoms with Gasteiger partial charge in [0.25, 0.3) is 15.7 Å². The van der Waals surface area contributed by atoms with Gasteiger partial charge in [-0.25, -0.2) is 8.42 Å². The van der Waals surface area contributed by atoms with Crippen LogP contribution in [0.1, 0.15) is 0 Å². The fraction of sp³-hybridized carbons (Fsp3) is 0.143. The predicted octanol–water partition coefficient (Wildman–Crippen LogP) is 1.26. The van der Waals surface area contributed by atoms with Crippen molar-refractivity contribution in [3.05, 3.63) is 28.3 Å². The zero-order valence-corrected chi connectivity index (χ0v) is 8.82. The summed E-state index contributed by atoms with van der Waals surface area (Å²) in [4.78, 5) is 9.49. The Kier molecular flexibility index (Phi) is 3.46. The van der Waals surface area contributed by atoms with Crippen LogP contribution in [0.4, 0.5) is 20.2 Å². The molecular weight excluding hydrogens is 262 g/mol. The van der Waals surface area contributed by atoms with Crippen LogP contribution in [0.3, 0.4) is 0 Å². The highest BCUT2D eigenvalue weighted by Gasteiger charge is 2.28. The number of anilines is 1. The lowest BCUT2D eigenvalue weighted by Crippen LogP contribution is -2.21. The normalized spacial score (nSPS) is 11.5. The highest BCUT2D eigenvalue weighted by Crippen LogP contribution is 2.34. The van der Waals surface area contributed by atoms with E-state index in [0.717, 1.165) is 18.2 Å². The van der Waals surface area contributed by atoms with E-state index in [0.29, 0.717) is 0 Å². The van der Waals surface area contributed by atoms with Crippen molar-refractivity contribution in [2.24, 2.45) is 0 Å². The van der Waals surface area contributed by atoms with E-state index in [2.05, 4.69) is 0 Å². The molecule has 7 nitrogen and oxygen atoms in total. The second-order valence-electron chi connectivity index (χ2n) is 2.84. The Morgan fingerprint density at radius 1 is 1.41 bits per heavy atom. The fourth-order valence-electron chi connectivity index (χ4n) is 0.972. The number of nitrogens with one attached hydrogen (secondary N) is 1. The van der Waals surface area contributed by atoms with E-state index in [1.165, 1.54) is 4.72 Å². The van der Waals surface area contributed by atoms with Gasteiger partial charge in [-0.15, -0.1) is 0 Å². The number of hydrogen-bond donors (Lipinski definition) is 2. The molecule has 0 aliphatic rings. The number of nitrogens with zero attached hydrogens (tertiary/aromatic N) is 1. The number of rotatable bonds is 4. The molecule has 0 aliphatic carbocycles. The van der Waals surface area contributed by atoms with Gasteiger partial charge in [-0.2, -0.15) is 8.78 Å². The summed E-state index contributed by atoms with van der Waals surface area (Å²) in [5, 5.41) is 19.7. The molecule has 0 amide bonds. The third-order valence-corrected chi connectivity index (χ3v) is 2.65. The van der Waals surface area contributed by atoms with Crippen LogP contribution >= 0.6 is 0 Å². The number of nitro benzene ring substituents is 1. The van der Waals surface area contributed by atoms with Gasteiger partial charge < -0.3 is 5.11 Å². The van der Waals surface area contributed by atoms with Crippen molar-refractivity contribution < 1.29 is 27.2 Å². The average Bonchev–Trinajstić information content (AvgIpc) is 2.20. The molecule has 1 aromatic carbocycles. The maximum atomic E-state index is 12.1. The summed E-state index contributed by atoms with van der Waals surface area (Å²) < 4.78 is 47.1. The molecule has 0 saturated carbocycles. The molecule has 0 spiro atoms. The minimum atomic E-state index is -5.08. The smallest absolute Gasteiger partial charge is 0.355 e. The highest BCUT2D eigenvalue weighted by atomic mass is 32.2. The van der Waals surface area contributed by atoms with E-state index >= 15 is 0 Å². The summed E-state index contributed by atoms with van der Waals surface area (Å²) >= 11 is 0. The Labute approximate surface area is 93.9 Å². The van der Waals surface area contributed by atoms with Crippen LogP contribution in [0.5, 0.6) is 5.75 Å². The SMILES string of the molecule is O=[N+]([O-])c1cccc(O)c1NS(=O)(=O)C(F)F. The molecule has 2 N–H and O–H groups in total. The standard InChI is InChI=1S/C7H6F2N2O5S/c8-7(9)17(15,16)10-6-4(11(13)14)2-1-3-5(6)12/h1-3,7,10,12H. The second-order valence-corrected chi connectivity index (χ2v) is 4.49. The first-order valence-electron chi connectivity index (χ1n) is 4.02. The Morgan fingerprint density at radius 2 is 2.00 bits per heavy atom. The molecule has 0 aromatic heterocycles. The number of nitro groups is 1. The minimum absolute atomic E-state index is 0.816. The third kappa shape index (κ3) is 2.78. The molecule has 10 heteroatoms. The van der Waals surface area contributed by atoms with Crippen LogP contribution < -0.4 is 4.72 Å². The Bertz CT molecular complexity index is 545. The minimum Gasteiger partial charge on any atom is -0.505 e. The molecule has 0 atom stereocenters. The van der Waals surface area contributed by atoms with Gasteiger partial charge in [0.2, 0.25) is 0 Å². The second kappa shape index (κ2) is 4.49. The summed E-state index contributed by atoms with van der Waals surface area (Å²) in [6.07, 6.45) is 0. The van der Waals surface area contributed by atoms with E-state index in [4.69, 9.17) is 0 Å². The lowest BCUT2D eigenvalue weighted by molar-refractivity contribution is -0.383. The first-order chi connectivity index (χ1) is 7.75. The van der Waals surface area contributed by atoms with Gasteiger partial charge in [0.1, 0.15) is 5.75 Å². The number of sulfonamides is 1. The molecule has 1 rings (SSSR count). The number of halogens is 2. The number of aromatic hydroxyl groups is 1. The van der Waals surface area contributed by atoms with Gasteiger partial charge >= 0.3 is 5.76 Å². The van der Waals surface area contributed by atoms with Crippen LogP contribution in [0.2, 0.25) is 0 Å². The van der Waals surface area contributed by atoms with E-state index in [9.17, 15) is 32.4 Å². The Hall–Kier alpha value is -1.97. The number of alkyl halides is 2. The van der Waals surface area contributed by atoms with E-state index in [1.807, 2.05) is 0 Å². The number of phenolic OH excluding ortho intramolecular Hbond substituents is 1. The zero-order chi connectivity index (χ0) is 13.2. The van der Waals surface area contributed by atoms with Gasteiger partial charge in [0.05, 0.1) is 4.92 Å². The summed E-state index contributed by atoms with van der Waals surface area (Å²) in [5.74, 6) is -4.58. The maximum absolute atomic E-state index is 12.1. The molecule has 0 bridgehead atoms. The van der Waals surface area contributed by atoms with Gasteiger partial charge in [-0.1, -0.05) is 6.07 Å². The topological polar surface area (TPSA) is 110 Å². The molecule has 0 saturated heterocycles. The lowest BCUT2D eigenvalue weighted by Gasteiger charge is -2.08. The van der Waals surface area contributed by atoms with Crippen LogP contribution in [0.25, 0.3) is 0 Å². The third-order valence-electron chi connectivity index (χ3n) is 1.70. The van der Waals surface area contributed by atoms with Crippen molar-refractivity contribution in [3.8, 4) is 5.75 Å². The molecular formula is C7H6F2N2O5S. The van der Waals surface area contributed by atoms with Crippen molar-refractivity contribution in [2.45, 2.75) is 5.76 Å². The molecule has 1 aromatic rings. The number of benzene rings is 1. The number of hydrogen-bond acceptors (Lipinski definition) is 5. The molecule has 0 fully saturated rings. The predicted molar refractivity (Wildman–Crippen MR) is 53.3 cm³/mol. The molecule has 0 unspecified atom stereocenters. The zero-order valence-electron chi connectivity index (χ0n) is 8.00. The molecule has 17 heavy (non-hydrogen) atoms. The van der Waals surface area contributed by atoms with Gasteiger partial charge in [0, 0.05) is 6.07 Å². The van der Waals surface area contributed by atoms with Gasteiger partial charge in [0.15, 0.2) is 5.69 Å². The highest BCUT2D eigenvalue weighted by molar-refractivity contribution is 7.93. The first-order valence-corrected chi connectivity index (χ1v) is 5.56. The molecule has 0 heterocycles. The number of phenols is 1. The summed E-state index contributed by atoms with van der Waals surface area (Å²) in [5.41, 5.74) is -1.72. The average molecular weight is 268 g/mol. The van der Waals surface area contributed by atoms with E-state index < -0.39 is 37.8 Å². The van der Waals surface area contributed by atoms with Crippen LogP contribution in [0, 0.1) is 10.1 Å². The summed E-state index contributed by atoms with van der Waals surface area (Å²) in [7, 11) is -5.08. The van der Waals surface area contributed by atoms with Gasteiger partial charge in [-0.05, 0) is 6.07 Å². The van der Waals surface area contributed by atoms with Crippen molar-refractivity contribution >= 4 is 21.4 Å². The maximum Gasteiger partial charge on any atom is 0.355 e. The molecule has 0 aliphatic heterocycles. The molecule has 0 radical (unpaired) electrons. The fourth-order valence-corrected chi connectivity index (χ4v) is 1.55.